The number of ketones is 1. The predicted molar refractivity (Wildman–Crippen MR) is 143 cm³/mol. The van der Waals surface area contributed by atoms with E-state index in [1.54, 1.807) is 42.5 Å². The number of halogens is 3. The molecule has 3 aromatic carbocycles. The third kappa shape index (κ3) is 5.61. The highest BCUT2D eigenvalue weighted by Gasteiger charge is 2.47. The molecule has 0 radical (unpaired) electrons. The van der Waals surface area contributed by atoms with Crippen LogP contribution in [0, 0.1) is 0 Å². The number of aliphatic hydroxyl groups excluding tert-OH is 1. The fraction of sp³-hybridized carbons (Fsp3) is 0.267. The average molecular weight is 556 g/mol. The summed E-state index contributed by atoms with van der Waals surface area (Å²) >= 11 is 0. The van der Waals surface area contributed by atoms with Crippen LogP contribution in [0.1, 0.15) is 43.5 Å². The number of hydrogen-bond acceptors (Lipinski definition) is 6. The van der Waals surface area contributed by atoms with Crippen LogP contribution in [0.15, 0.2) is 72.3 Å². The summed E-state index contributed by atoms with van der Waals surface area (Å²) in [6.45, 7) is 5.88. The molecule has 1 aliphatic rings. The largest absolute Gasteiger partial charge is 0.573 e. The molecule has 10 heteroatoms. The van der Waals surface area contributed by atoms with Gasteiger partial charge in [-0.25, -0.2) is 0 Å². The Balaban J connectivity index is 1.93. The maximum absolute atomic E-state index is 13.5. The van der Waals surface area contributed by atoms with Crippen molar-refractivity contribution in [3.63, 3.8) is 0 Å². The van der Waals surface area contributed by atoms with Crippen LogP contribution in [0.4, 0.5) is 18.9 Å². The van der Waals surface area contributed by atoms with Gasteiger partial charge in [0.05, 0.1) is 25.8 Å². The van der Waals surface area contributed by atoms with Gasteiger partial charge in [-0.3, -0.25) is 14.5 Å². The molecular formula is C30H28F3NO6. The number of aliphatic hydroxyl groups is 1. The SMILES string of the molecule is COc1ccc(C2/C(=C(/O)c3ccc(OC)c(C(C)(C)C)c3)C(=O)C(=O)N2c2cccc(OC(F)(F)F)c2)cc1. The maximum atomic E-state index is 13.5. The number of ether oxygens (including phenoxy) is 3. The highest BCUT2D eigenvalue weighted by molar-refractivity contribution is 6.51. The Morgan fingerprint density at radius 2 is 1.55 bits per heavy atom. The zero-order valence-electron chi connectivity index (χ0n) is 22.5. The highest BCUT2D eigenvalue weighted by atomic mass is 19.4. The smallest absolute Gasteiger partial charge is 0.507 e. The summed E-state index contributed by atoms with van der Waals surface area (Å²) in [5.74, 6) is -1.92. The van der Waals surface area contributed by atoms with Gasteiger partial charge < -0.3 is 19.3 Å². The van der Waals surface area contributed by atoms with E-state index in [0.717, 1.165) is 22.6 Å². The van der Waals surface area contributed by atoms with Gasteiger partial charge in [0.15, 0.2) is 0 Å². The fourth-order valence-electron chi connectivity index (χ4n) is 4.63. The van der Waals surface area contributed by atoms with E-state index in [9.17, 15) is 27.9 Å². The van der Waals surface area contributed by atoms with Crippen molar-refractivity contribution in [2.75, 3.05) is 19.1 Å². The minimum Gasteiger partial charge on any atom is -0.507 e. The van der Waals surface area contributed by atoms with E-state index in [-0.39, 0.29) is 22.2 Å². The summed E-state index contributed by atoms with van der Waals surface area (Å²) in [7, 11) is 3.00. The molecule has 0 aliphatic carbocycles. The quantitative estimate of drug-likeness (QED) is 0.212. The minimum atomic E-state index is -4.96. The second kappa shape index (κ2) is 10.6. The standard InChI is InChI=1S/C30H28F3NO6/c1-29(2,3)22-15-18(11-14-23(22)39-5)26(35)24-25(17-9-12-20(38-4)13-10-17)34(28(37)27(24)36)19-7-6-8-21(16-19)40-30(31,32)33/h6-16,25,35H,1-5H3/b26-24-. The summed E-state index contributed by atoms with van der Waals surface area (Å²) in [4.78, 5) is 27.9. The lowest BCUT2D eigenvalue weighted by Crippen LogP contribution is -2.29. The second-order valence-electron chi connectivity index (χ2n) is 10.2. The molecule has 0 bridgehead atoms. The van der Waals surface area contributed by atoms with E-state index in [4.69, 9.17) is 9.47 Å². The number of Topliss-reactive ketones (excluding diaryl/α,β-unsaturated/α-hetero) is 1. The Labute approximate surface area is 229 Å². The number of carbonyl (C=O) groups is 2. The topological polar surface area (TPSA) is 85.3 Å². The van der Waals surface area contributed by atoms with Gasteiger partial charge in [-0.2, -0.15) is 0 Å². The van der Waals surface area contributed by atoms with Gasteiger partial charge in [-0.1, -0.05) is 39.0 Å². The Hall–Kier alpha value is -4.47. The molecule has 1 aliphatic heterocycles. The zero-order chi connectivity index (χ0) is 29.4. The molecule has 3 aromatic rings. The molecular weight excluding hydrogens is 527 g/mol. The summed E-state index contributed by atoms with van der Waals surface area (Å²) in [5, 5.41) is 11.5. The molecule has 0 aromatic heterocycles. The van der Waals surface area contributed by atoms with E-state index in [1.165, 1.54) is 26.4 Å². The normalized spacial score (nSPS) is 17.2. The summed E-state index contributed by atoms with van der Waals surface area (Å²) in [5.41, 5.74) is 0.828. The molecule has 0 spiro atoms. The number of carbonyl (C=O) groups excluding carboxylic acids is 2. The van der Waals surface area contributed by atoms with Gasteiger partial charge in [0.2, 0.25) is 0 Å². The minimum absolute atomic E-state index is 0.0196. The predicted octanol–water partition coefficient (Wildman–Crippen LogP) is 6.53. The van der Waals surface area contributed by atoms with Crippen LogP contribution in [-0.4, -0.2) is 37.4 Å². The number of methoxy groups -OCH3 is 2. The zero-order valence-corrected chi connectivity index (χ0v) is 22.5. The van der Waals surface area contributed by atoms with Crippen LogP contribution in [0.3, 0.4) is 0 Å². The molecule has 1 atom stereocenters. The van der Waals surface area contributed by atoms with Crippen molar-refractivity contribution in [1.82, 2.24) is 0 Å². The van der Waals surface area contributed by atoms with Crippen LogP contribution in [0.2, 0.25) is 0 Å². The second-order valence-corrected chi connectivity index (χ2v) is 10.2. The van der Waals surface area contributed by atoms with Gasteiger partial charge in [-0.15, -0.1) is 13.2 Å². The number of nitrogens with zero attached hydrogens (tertiary/aromatic N) is 1. The Morgan fingerprint density at radius 1 is 0.875 bits per heavy atom. The van der Waals surface area contributed by atoms with Gasteiger partial charge in [0.1, 0.15) is 23.0 Å². The van der Waals surface area contributed by atoms with E-state index in [1.807, 2.05) is 20.8 Å². The molecule has 4 rings (SSSR count). The van der Waals surface area contributed by atoms with Crippen molar-refractivity contribution in [3.8, 4) is 17.2 Å². The summed E-state index contributed by atoms with van der Waals surface area (Å²) in [6, 6.07) is 15.0. The summed E-state index contributed by atoms with van der Waals surface area (Å²) < 4.78 is 53.4. The lowest BCUT2D eigenvalue weighted by atomic mass is 9.84. The van der Waals surface area contributed by atoms with Crippen LogP contribution >= 0.6 is 0 Å². The molecule has 1 saturated heterocycles. The van der Waals surface area contributed by atoms with Gasteiger partial charge >= 0.3 is 6.36 Å². The van der Waals surface area contributed by atoms with Crippen molar-refractivity contribution in [2.24, 2.45) is 0 Å². The molecule has 0 saturated carbocycles. The monoisotopic (exact) mass is 555 g/mol. The van der Waals surface area contributed by atoms with Gasteiger partial charge in [0, 0.05) is 22.9 Å². The Kier molecular flexibility index (Phi) is 7.56. The van der Waals surface area contributed by atoms with Crippen LogP contribution < -0.4 is 19.1 Å². The van der Waals surface area contributed by atoms with Crippen LogP contribution in [0.25, 0.3) is 5.76 Å². The van der Waals surface area contributed by atoms with E-state index in [0.29, 0.717) is 17.1 Å². The molecule has 40 heavy (non-hydrogen) atoms. The molecule has 7 nitrogen and oxygen atoms in total. The molecule has 1 fully saturated rings. The van der Waals surface area contributed by atoms with E-state index in [2.05, 4.69) is 4.74 Å². The third-order valence-electron chi connectivity index (χ3n) is 6.49. The molecule has 1 N–H and O–H groups in total. The lowest BCUT2D eigenvalue weighted by Gasteiger charge is -2.26. The fourth-order valence-corrected chi connectivity index (χ4v) is 4.63. The van der Waals surface area contributed by atoms with Crippen molar-refractivity contribution < 1.29 is 42.1 Å². The lowest BCUT2D eigenvalue weighted by molar-refractivity contribution is -0.274. The molecule has 1 heterocycles. The third-order valence-corrected chi connectivity index (χ3v) is 6.49. The van der Waals surface area contributed by atoms with E-state index < -0.39 is 35.6 Å². The first-order valence-corrected chi connectivity index (χ1v) is 12.2. The molecule has 210 valence electrons. The maximum Gasteiger partial charge on any atom is 0.573 e. The van der Waals surface area contributed by atoms with Crippen molar-refractivity contribution in [3.05, 3.63) is 89.0 Å². The first kappa shape index (κ1) is 28.5. The van der Waals surface area contributed by atoms with Crippen molar-refractivity contribution in [1.29, 1.82) is 0 Å². The number of amides is 1. The summed E-state index contributed by atoms with van der Waals surface area (Å²) in [6.07, 6.45) is -4.96. The van der Waals surface area contributed by atoms with Crippen LogP contribution in [0.5, 0.6) is 17.2 Å². The number of hydrogen-bond donors (Lipinski definition) is 1. The number of alkyl halides is 3. The van der Waals surface area contributed by atoms with Gasteiger partial charge in [0.25, 0.3) is 11.7 Å². The Bertz CT molecular complexity index is 1470. The first-order valence-electron chi connectivity index (χ1n) is 12.2. The Morgan fingerprint density at radius 3 is 2.12 bits per heavy atom. The first-order chi connectivity index (χ1) is 18.7. The molecule has 1 unspecified atom stereocenters. The number of rotatable bonds is 6. The number of anilines is 1. The van der Waals surface area contributed by atoms with Crippen molar-refractivity contribution >= 4 is 23.1 Å². The highest BCUT2D eigenvalue weighted by Crippen LogP contribution is 2.44. The average Bonchev–Trinajstić information content (AvgIpc) is 3.16. The number of benzene rings is 3. The van der Waals surface area contributed by atoms with E-state index >= 15 is 0 Å². The molecule has 1 amide bonds. The van der Waals surface area contributed by atoms with Crippen molar-refractivity contribution in [2.45, 2.75) is 38.6 Å². The van der Waals surface area contributed by atoms with Crippen LogP contribution in [-0.2, 0) is 15.0 Å². The van der Waals surface area contributed by atoms with Gasteiger partial charge in [-0.05, 0) is 53.4 Å².